The lowest BCUT2D eigenvalue weighted by Crippen LogP contribution is -2.43. The minimum absolute atomic E-state index is 0.0545. The van der Waals surface area contributed by atoms with E-state index in [0.29, 0.717) is 6.04 Å². The van der Waals surface area contributed by atoms with Gasteiger partial charge in [-0.1, -0.05) is 38.5 Å². The summed E-state index contributed by atoms with van der Waals surface area (Å²) in [6, 6.07) is 9.28. The monoisotopic (exact) mass is 326 g/mol. The third-order valence-electron chi connectivity index (χ3n) is 5.58. The molecular weight excluding hydrogens is 296 g/mol. The van der Waals surface area contributed by atoms with Gasteiger partial charge in [0.25, 0.3) is 0 Å². The van der Waals surface area contributed by atoms with E-state index in [2.05, 4.69) is 49.9 Å². The van der Waals surface area contributed by atoms with E-state index in [4.69, 9.17) is 4.98 Å². The Morgan fingerprint density at radius 1 is 1.29 bits per heavy atom. The summed E-state index contributed by atoms with van der Waals surface area (Å²) in [6.07, 6.45) is 5.87. The van der Waals surface area contributed by atoms with Crippen LogP contribution in [0.5, 0.6) is 0 Å². The summed E-state index contributed by atoms with van der Waals surface area (Å²) in [5.74, 6) is 0. The molecule has 0 bridgehead atoms. The van der Waals surface area contributed by atoms with Crippen molar-refractivity contribution >= 4 is 10.9 Å². The smallest absolute Gasteiger partial charge is 0.0754 e. The van der Waals surface area contributed by atoms with Gasteiger partial charge in [0.1, 0.15) is 0 Å². The van der Waals surface area contributed by atoms with E-state index in [1.54, 1.807) is 0 Å². The van der Waals surface area contributed by atoms with Gasteiger partial charge in [-0.3, -0.25) is 9.88 Å². The van der Waals surface area contributed by atoms with E-state index in [1.807, 2.05) is 0 Å². The molecule has 0 aliphatic carbocycles. The predicted molar refractivity (Wildman–Crippen MR) is 100 cm³/mol. The largest absolute Gasteiger partial charge is 0.394 e. The molecule has 3 rings (SSSR count). The van der Waals surface area contributed by atoms with Crippen molar-refractivity contribution < 1.29 is 5.11 Å². The Bertz CT molecular complexity index is 698. The lowest BCUT2D eigenvalue weighted by molar-refractivity contribution is 0.0552. The molecule has 1 aliphatic rings. The minimum Gasteiger partial charge on any atom is -0.394 e. The average Bonchev–Trinajstić information content (AvgIpc) is 2.62. The third kappa shape index (κ3) is 3.20. The number of aliphatic hydroxyl groups is 1. The lowest BCUT2D eigenvalue weighted by Gasteiger charge is -2.40. The van der Waals surface area contributed by atoms with Gasteiger partial charge in [-0.15, -0.1) is 0 Å². The van der Waals surface area contributed by atoms with Crippen molar-refractivity contribution in [2.75, 3.05) is 13.2 Å². The van der Waals surface area contributed by atoms with E-state index in [1.165, 1.54) is 35.8 Å². The number of pyridine rings is 1. The highest BCUT2D eigenvalue weighted by atomic mass is 16.3. The van der Waals surface area contributed by atoms with Gasteiger partial charge in [-0.2, -0.15) is 0 Å². The Kier molecular flexibility index (Phi) is 5.52. The molecule has 2 atom stereocenters. The molecule has 0 radical (unpaired) electrons. The van der Waals surface area contributed by atoms with Crippen LogP contribution >= 0.6 is 0 Å². The SMILES string of the molecule is CCc1nc2c(C(CO)N3CCCCC3CC)cccc2cc1C. The highest BCUT2D eigenvalue weighted by Gasteiger charge is 2.29. The molecule has 130 valence electrons. The first-order valence-corrected chi connectivity index (χ1v) is 9.45. The number of nitrogens with zero attached hydrogens (tertiary/aromatic N) is 2. The molecular formula is C21H30N2O. The number of likely N-dealkylation sites (tertiary alicyclic amines) is 1. The van der Waals surface area contributed by atoms with Crippen molar-refractivity contribution in [1.82, 2.24) is 9.88 Å². The number of hydrogen-bond acceptors (Lipinski definition) is 3. The Hall–Kier alpha value is -1.45. The molecule has 1 N–H and O–H groups in total. The number of aromatic nitrogens is 1. The van der Waals surface area contributed by atoms with Crippen molar-refractivity contribution in [3.8, 4) is 0 Å². The van der Waals surface area contributed by atoms with E-state index in [0.717, 1.165) is 30.6 Å². The summed E-state index contributed by atoms with van der Waals surface area (Å²) in [5, 5.41) is 11.4. The first-order valence-electron chi connectivity index (χ1n) is 9.45. The number of piperidine rings is 1. The fourth-order valence-corrected chi connectivity index (χ4v) is 4.25. The van der Waals surface area contributed by atoms with Crippen LogP contribution in [0.25, 0.3) is 10.9 Å². The van der Waals surface area contributed by atoms with Crippen LogP contribution in [-0.4, -0.2) is 34.2 Å². The Morgan fingerprint density at radius 3 is 2.83 bits per heavy atom. The van der Waals surface area contributed by atoms with Gasteiger partial charge in [-0.05, 0) is 56.3 Å². The van der Waals surface area contributed by atoms with Gasteiger partial charge in [0.05, 0.1) is 18.2 Å². The molecule has 1 saturated heterocycles. The summed E-state index contributed by atoms with van der Waals surface area (Å²) in [6.45, 7) is 7.79. The van der Waals surface area contributed by atoms with Crippen molar-refractivity contribution in [1.29, 1.82) is 0 Å². The summed E-state index contributed by atoms with van der Waals surface area (Å²) in [7, 11) is 0. The summed E-state index contributed by atoms with van der Waals surface area (Å²) >= 11 is 0. The fraction of sp³-hybridized carbons (Fsp3) is 0.571. The number of aliphatic hydroxyl groups excluding tert-OH is 1. The van der Waals surface area contributed by atoms with Crippen molar-refractivity contribution in [3.63, 3.8) is 0 Å². The number of fused-ring (bicyclic) bond motifs is 1. The van der Waals surface area contributed by atoms with Gasteiger partial charge in [0.2, 0.25) is 0 Å². The van der Waals surface area contributed by atoms with E-state index in [9.17, 15) is 5.11 Å². The second kappa shape index (κ2) is 7.62. The Morgan fingerprint density at radius 2 is 2.12 bits per heavy atom. The van der Waals surface area contributed by atoms with Gasteiger partial charge in [-0.25, -0.2) is 0 Å². The van der Waals surface area contributed by atoms with Crippen LogP contribution in [0.1, 0.15) is 62.4 Å². The zero-order valence-corrected chi connectivity index (χ0v) is 15.3. The number of benzene rings is 1. The zero-order valence-electron chi connectivity index (χ0n) is 15.3. The maximum absolute atomic E-state index is 10.2. The molecule has 0 saturated carbocycles. The molecule has 2 heterocycles. The van der Waals surface area contributed by atoms with Crippen LogP contribution in [0.3, 0.4) is 0 Å². The number of rotatable bonds is 5. The number of aryl methyl sites for hydroxylation is 2. The molecule has 24 heavy (non-hydrogen) atoms. The van der Waals surface area contributed by atoms with E-state index in [-0.39, 0.29) is 12.6 Å². The maximum atomic E-state index is 10.2. The normalized spacial score (nSPS) is 20.4. The molecule has 0 amide bonds. The molecule has 1 aliphatic heterocycles. The van der Waals surface area contributed by atoms with Crippen LogP contribution in [0.4, 0.5) is 0 Å². The summed E-state index contributed by atoms with van der Waals surface area (Å²) < 4.78 is 0. The number of para-hydroxylation sites is 1. The average molecular weight is 326 g/mol. The van der Waals surface area contributed by atoms with E-state index >= 15 is 0 Å². The molecule has 0 spiro atoms. The minimum atomic E-state index is 0.0545. The Balaban J connectivity index is 2.08. The van der Waals surface area contributed by atoms with Gasteiger partial charge in [0, 0.05) is 17.1 Å². The van der Waals surface area contributed by atoms with Crippen molar-refractivity contribution in [3.05, 3.63) is 41.1 Å². The van der Waals surface area contributed by atoms with Gasteiger partial charge in [0.15, 0.2) is 0 Å². The molecule has 3 heteroatoms. The second-order valence-corrected chi connectivity index (χ2v) is 7.02. The van der Waals surface area contributed by atoms with Crippen LogP contribution in [0.2, 0.25) is 0 Å². The molecule has 1 fully saturated rings. The van der Waals surface area contributed by atoms with Crippen molar-refractivity contribution in [2.24, 2.45) is 0 Å². The first kappa shape index (κ1) is 17.4. The van der Waals surface area contributed by atoms with Crippen LogP contribution in [0, 0.1) is 6.92 Å². The number of hydrogen-bond donors (Lipinski definition) is 1. The van der Waals surface area contributed by atoms with Crippen molar-refractivity contribution in [2.45, 2.75) is 65.0 Å². The molecule has 2 unspecified atom stereocenters. The van der Waals surface area contributed by atoms with Crippen LogP contribution in [0.15, 0.2) is 24.3 Å². The Labute approximate surface area is 145 Å². The zero-order chi connectivity index (χ0) is 17.1. The van der Waals surface area contributed by atoms with E-state index < -0.39 is 0 Å². The van der Waals surface area contributed by atoms with Crippen LogP contribution in [-0.2, 0) is 6.42 Å². The van der Waals surface area contributed by atoms with Crippen LogP contribution < -0.4 is 0 Å². The highest BCUT2D eigenvalue weighted by molar-refractivity contribution is 5.83. The topological polar surface area (TPSA) is 36.4 Å². The first-order chi connectivity index (χ1) is 11.7. The third-order valence-corrected chi connectivity index (χ3v) is 5.58. The lowest BCUT2D eigenvalue weighted by atomic mass is 9.93. The second-order valence-electron chi connectivity index (χ2n) is 7.02. The van der Waals surface area contributed by atoms with Gasteiger partial charge < -0.3 is 5.11 Å². The highest BCUT2D eigenvalue weighted by Crippen LogP contribution is 2.33. The predicted octanol–water partition coefficient (Wildman–Crippen LogP) is 4.40. The maximum Gasteiger partial charge on any atom is 0.0754 e. The quantitative estimate of drug-likeness (QED) is 0.884. The van der Waals surface area contributed by atoms with Gasteiger partial charge >= 0.3 is 0 Å². The molecule has 2 aromatic rings. The standard InChI is InChI=1S/C21H30N2O/c1-4-17-10-6-7-12-23(17)20(14-24)18-11-8-9-16-13-15(3)19(5-2)22-21(16)18/h8-9,11,13,17,20,24H,4-7,10,12,14H2,1-3H3. The fourth-order valence-electron chi connectivity index (χ4n) is 4.25. The molecule has 3 nitrogen and oxygen atoms in total. The summed E-state index contributed by atoms with van der Waals surface area (Å²) in [4.78, 5) is 7.49. The molecule has 1 aromatic carbocycles. The molecule has 1 aromatic heterocycles. The summed E-state index contributed by atoms with van der Waals surface area (Å²) in [5.41, 5.74) is 4.67.